The van der Waals surface area contributed by atoms with Crippen molar-refractivity contribution in [2.75, 3.05) is 26.5 Å². The van der Waals surface area contributed by atoms with Gasteiger partial charge in [0.05, 0.1) is 24.3 Å². The maximum atomic E-state index is 13.1. The summed E-state index contributed by atoms with van der Waals surface area (Å²) in [5.41, 5.74) is 2.21. The van der Waals surface area contributed by atoms with Gasteiger partial charge in [-0.1, -0.05) is 19.3 Å². The van der Waals surface area contributed by atoms with Crippen molar-refractivity contribution in [3.8, 4) is 0 Å². The van der Waals surface area contributed by atoms with E-state index in [1.807, 2.05) is 4.57 Å². The minimum absolute atomic E-state index is 0.204. The zero-order valence-electron chi connectivity index (χ0n) is 17.8. The van der Waals surface area contributed by atoms with Crippen LogP contribution in [0.3, 0.4) is 0 Å². The van der Waals surface area contributed by atoms with Gasteiger partial charge in [0, 0.05) is 31.6 Å². The van der Waals surface area contributed by atoms with Crippen molar-refractivity contribution >= 4 is 21.2 Å². The molecule has 1 fully saturated rings. The summed E-state index contributed by atoms with van der Waals surface area (Å²) < 4.78 is 33.4. The van der Waals surface area contributed by atoms with Crippen molar-refractivity contribution in [2.45, 2.75) is 63.8 Å². The van der Waals surface area contributed by atoms with Gasteiger partial charge in [-0.3, -0.25) is 4.90 Å². The van der Waals surface area contributed by atoms with Gasteiger partial charge >= 0.3 is 0 Å². The first-order valence-electron chi connectivity index (χ1n) is 10.4. The zero-order valence-corrected chi connectivity index (χ0v) is 19.4. The molecule has 0 amide bonds. The third-order valence-electron chi connectivity index (χ3n) is 5.69. The zero-order chi connectivity index (χ0) is 20.9. The van der Waals surface area contributed by atoms with E-state index in [1.165, 1.54) is 16.9 Å². The molecule has 0 unspecified atom stereocenters. The molecule has 1 saturated carbocycles. The van der Waals surface area contributed by atoms with Gasteiger partial charge in [0.1, 0.15) is 0 Å². The predicted octanol–water partition coefficient (Wildman–Crippen LogP) is 3.89. The summed E-state index contributed by atoms with van der Waals surface area (Å²) in [7, 11) is 0.283. The van der Waals surface area contributed by atoms with Crippen molar-refractivity contribution in [3.05, 3.63) is 33.8 Å². The first-order chi connectivity index (χ1) is 13.9. The van der Waals surface area contributed by atoms with Gasteiger partial charge in [-0.25, -0.2) is 13.4 Å². The first kappa shape index (κ1) is 22.5. The third-order valence-corrected chi connectivity index (χ3v) is 8.49. The molecule has 0 atom stereocenters. The molecule has 8 heteroatoms. The van der Waals surface area contributed by atoms with Crippen molar-refractivity contribution in [2.24, 2.45) is 5.92 Å². The Kier molecular flexibility index (Phi) is 7.90. The van der Waals surface area contributed by atoms with Gasteiger partial charge < -0.3 is 9.30 Å². The number of sulfone groups is 1. The van der Waals surface area contributed by atoms with Gasteiger partial charge in [0.15, 0.2) is 0 Å². The van der Waals surface area contributed by atoms with E-state index in [-0.39, 0.29) is 16.8 Å². The van der Waals surface area contributed by atoms with Crippen molar-refractivity contribution in [1.29, 1.82) is 0 Å². The Morgan fingerprint density at radius 3 is 2.69 bits per heavy atom. The van der Waals surface area contributed by atoms with E-state index in [0.29, 0.717) is 19.7 Å². The van der Waals surface area contributed by atoms with Crippen LogP contribution in [0.5, 0.6) is 0 Å². The summed E-state index contributed by atoms with van der Waals surface area (Å²) in [6.45, 7) is 4.56. The number of thiophene rings is 1. The largest absolute Gasteiger partial charge is 0.383 e. The van der Waals surface area contributed by atoms with Crippen LogP contribution in [0, 0.1) is 12.8 Å². The van der Waals surface area contributed by atoms with Crippen molar-refractivity contribution in [1.82, 2.24) is 14.5 Å². The van der Waals surface area contributed by atoms with Crippen LogP contribution in [0.2, 0.25) is 0 Å². The second-order valence-corrected chi connectivity index (χ2v) is 11.1. The van der Waals surface area contributed by atoms with Crippen LogP contribution in [0.25, 0.3) is 0 Å². The number of ether oxygens (including phenoxy) is 1. The van der Waals surface area contributed by atoms with E-state index in [9.17, 15) is 8.42 Å². The summed E-state index contributed by atoms with van der Waals surface area (Å²) in [6, 6.07) is 2.13. The summed E-state index contributed by atoms with van der Waals surface area (Å²) in [6.07, 6.45) is 7.23. The smallest absolute Gasteiger partial charge is 0.227 e. The highest BCUT2D eigenvalue weighted by Crippen LogP contribution is 2.27. The molecule has 0 saturated heterocycles. The van der Waals surface area contributed by atoms with Crippen LogP contribution in [0.15, 0.2) is 22.8 Å². The van der Waals surface area contributed by atoms with Crippen LogP contribution >= 0.6 is 11.3 Å². The van der Waals surface area contributed by atoms with E-state index in [0.717, 1.165) is 37.9 Å². The van der Waals surface area contributed by atoms with E-state index in [1.54, 1.807) is 24.6 Å². The number of nitrogens with zero attached hydrogens (tertiary/aromatic N) is 3. The van der Waals surface area contributed by atoms with Crippen LogP contribution in [0.4, 0.5) is 0 Å². The highest BCUT2D eigenvalue weighted by atomic mass is 32.2. The lowest BCUT2D eigenvalue weighted by Gasteiger charge is -2.22. The minimum Gasteiger partial charge on any atom is -0.383 e. The quantitative estimate of drug-likeness (QED) is 0.562. The van der Waals surface area contributed by atoms with Gasteiger partial charge in [0.25, 0.3) is 0 Å². The highest BCUT2D eigenvalue weighted by Gasteiger charge is 2.28. The third kappa shape index (κ3) is 5.90. The lowest BCUT2D eigenvalue weighted by atomic mass is 9.91. The molecule has 1 aliphatic rings. The Bertz CT molecular complexity index is 883. The standard InChI is InChI=1S/C21H33N3O3S2/c1-17-9-12-28-20(17)15-23(2)14-19-13-22-21(24(19)10-11-27-3)29(25,26)16-18-7-5-4-6-8-18/h9,12-13,18H,4-8,10-11,14-16H2,1-3H3. The molecule has 0 spiro atoms. The topological polar surface area (TPSA) is 64.4 Å². The molecule has 29 heavy (non-hydrogen) atoms. The van der Waals surface area contributed by atoms with Gasteiger partial charge in [0.2, 0.25) is 15.0 Å². The predicted molar refractivity (Wildman–Crippen MR) is 117 cm³/mol. The summed E-state index contributed by atoms with van der Waals surface area (Å²) >= 11 is 1.76. The molecule has 0 aliphatic heterocycles. The first-order valence-corrected chi connectivity index (χ1v) is 12.9. The van der Waals surface area contributed by atoms with Gasteiger partial charge in [-0.2, -0.15) is 0 Å². The van der Waals surface area contributed by atoms with Crippen LogP contribution in [-0.4, -0.2) is 49.4 Å². The number of imidazole rings is 1. The number of aromatic nitrogens is 2. The number of aryl methyl sites for hydroxylation is 1. The fourth-order valence-electron chi connectivity index (χ4n) is 4.07. The van der Waals surface area contributed by atoms with Crippen LogP contribution < -0.4 is 0 Å². The monoisotopic (exact) mass is 439 g/mol. The molecule has 1 aliphatic carbocycles. The normalized spacial score (nSPS) is 16.0. The van der Waals surface area contributed by atoms with E-state index in [4.69, 9.17) is 4.74 Å². The lowest BCUT2D eigenvalue weighted by Crippen LogP contribution is -2.24. The Balaban J connectivity index is 1.77. The summed E-state index contributed by atoms with van der Waals surface area (Å²) in [5, 5.41) is 2.31. The van der Waals surface area contributed by atoms with E-state index in [2.05, 4.69) is 35.3 Å². The van der Waals surface area contributed by atoms with Crippen LogP contribution in [0.1, 0.15) is 48.2 Å². The van der Waals surface area contributed by atoms with E-state index >= 15 is 0 Å². The fourth-order valence-corrected chi connectivity index (χ4v) is 6.92. The molecule has 162 valence electrons. The van der Waals surface area contributed by atoms with Crippen LogP contribution in [-0.2, 0) is 34.2 Å². The highest BCUT2D eigenvalue weighted by molar-refractivity contribution is 7.91. The molecule has 3 rings (SSSR count). The molecule has 0 radical (unpaired) electrons. The average molecular weight is 440 g/mol. The van der Waals surface area contributed by atoms with Crippen molar-refractivity contribution < 1.29 is 13.2 Å². The number of rotatable bonds is 10. The van der Waals surface area contributed by atoms with Gasteiger partial charge in [-0.05, 0) is 49.7 Å². The summed E-state index contributed by atoms with van der Waals surface area (Å²) in [5.74, 6) is 0.468. The number of hydrogen-bond donors (Lipinski definition) is 0. The Morgan fingerprint density at radius 2 is 2.03 bits per heavy atom. The molecular weight excluding hydrogens is 406 g/mol. The molecule has 2 aromatic heterocycles. The second-order valence-electron chi connectivity index (χ2n) is 8.16. The molecular formula is C21H33N3O3S2. The lowest BCUT2D eigenvalue weighted by molar-refractivity contribution is 0.182. The molecule has 0 bridgehead atoms. The maximum Gasteiger partial charge on any atom is 0.227 e. The van der Waals surface area contributed by atoms with E-state index < -0.39 is 9.84 Å². The SMILES string of the molecule is COCCn1c(CN(C)Cc2sccc2C)cnc1S(=O)(=O)CC1CCCCC1. The number of methoxy groups -OCH3 is 1. The Labute approximate surface area is 178 Å². The van der Waals surface area contributed by atoms with Gasteiger partial charge in [-0.15, -0.1) is 11.3 Å². The molecule has 6 nitrogen and oxygen atoms in total. The minimum atomic E-state index is -3.41. The molecule has 0 N–H and O–H groups in total. The molecule has 2 heterocycles. The fraction of sp³-hybridized carbons (Fsp3) is 0.667. The molecule has 2 aromatic rings. The summed E-state index contributed by atoms with van der Waals surface area (Å²) in [4.78, 5) is 7.91. The van der Waals surface area contributed by atoms with Crippen molar-refractivity contribution in [3.63, 3.8) is 0 Å². The number of hydrogen-bond acceptors (Lipinski definition) is 6. The average Bonchev–Trinajstić information content (AvgIpc) is 3.27. The second kappa shape index (κ2) is 10.2. The maximum absolute atomic E-state index is 13.1. The Morgan fingerprint density at radius 1 is 1.28 bits per heavy atom. The molecule has 0 aromatic carbocycles. The Hall–Kier alpha value is -1.22.